The molecule has 0 saturated heterocycles. The van der Waals surface area contributed by atoms with Crippen molar-refractivity contribution in [3.05, 3.63) is 70.6 Å². The van der Waals surface area contributed by atoms with Crippen LogP contribution in [-0.4, -0.2) is 19.2 Å². The van der Waals surface area contributed by atoms with E-state index in [9.17, 15) is 9.90 Å². The Morgan fingerprint density at radius 1 is 1.04 bits per heavy atom. The summed E-state index contributed by atoms with van der Waals surface area (Å²) >= 11 is 1.24. The molecule has 2 aromatic carbocycles. The van der Waals surface area contributed by atoms with Gasteiger partial charge in [-0.1, -0.05) is 55.9 Å². The zero-order valence-electron chi connectivity index (χ0n) is 15.9. The standard InChI is InChI=1S/C22H23NO3S/c1-14(2)17-10-5-6-11-20(17)27-21-18(24)13-19(26-22(21)25)15-8-7-9-16(12-15)23(3)4/h5-14,24H,1-4H3. The first kappa shape index (κ1) is 19.1. The molecular weight excluding hydrogens is 358 g/mol. The first-order valence-corrected chi connectivity index (χ1v) is 9.60. The number of hydrogen-bond donors (Lipinski definition) is 1. The molecule has 1 aromatic heterocycles. The first-order valence-electron chi connectivity index (χ1n) is 8.78. The van der Waals surface area contributed by atoms with Crippen LogP contribution in [0.15, 0.2) is 73.6 Å². The van der Waals surface area contributed by atoms with Crippen LogP contribution in [-0.2, 0) is 0 Å². The van der Waals surface area contributed by atoms with Crippen LogP contribution < -0.4 is 10.5 Å². The summed E-state index contributed by atoms with van der Waals surface area (Å²) in [6.45, 7) is 4.20. The molecule has 3 aromatic rings. The van der Waals surface area contributed by atoms with E-state index < -0.39 is 5.63 Å². The van der Waals surface area contributed by atoms with Crippen LogP contribution in [0.1, 0.15) is 25.3 Å². The molecule has 0 fully saturated rings. The lowest BCUT2D eigenvalue weighted by molar-refractivity contribution is 0.430. The van der Waals surface area contributed by atoms with E-state index in [1.807, 2.05) is 67.5 Å². The number of rotatable bonds is 5. The van der Waals surface area contributed by atoms with E-state index in [0.717, 1.165) is 21.7 Å². The second-order valence-corrected chi connectivity index (χ2v) is 7.90. The fourth-order valence-electron chi connectivity index (χ4n) is 2.80. The van der Waals surface area contributed by atoms with E-state index in [1.54, 1.807) is 0 Å². The maximum atomic E-state index is 12.6. The third-order valence-electron chi connectivity index (χ3n) is 4.29. The quantitative estimate of drug-likeness (QED) is 0.645. The molecule has 1 N–H and O–H groups in total. The topological polar surface area (TPSA) is 53.7 Å². The SMILES string of the molecule is CC(C)c1ccccc1Sc1c(O)cc(-c2cccc(N(C)C)c2)oc1=O. The highest BCUT2D eigenvalue weighted by Crippen LogP contribution is 2.37. The fourth-order valence-corrected chi connectivity index (χ4v) is 3.88. The van der Waals surface area contributed by atoms with Gasteiger partial charge in [0.2, 0.25) is 0 Å². The normalized spacial score (nSPS) is 11.0. The molecule has 4 nitrogen and oxygen atoms in total. The summed E-state index contributed by atoms with van der Waals surface area (Å²) in [6.07, 6.45) is 0. The second kappa shape index (κ2) is 7.92. The third kappa shape index (κ3) is 4.19. The van der Waals surface area contributed by atoms with Crippen molar-refractivity contribution in [3.8, 4) is 17.1 Å². The van der Waals surface area contributed by atoms with Gasteiger partial charge in [-0.15, -0.1) is 0 Å². The van der Waals surface area contributed by atoms with Gasteiger partial charge in [0.1, 0.15) is 16.4 Å². The predicted molar refractivity (Wildman–Crippen MR) is 111 cm³/mol. The molecule has 0 radical (unpaired) electrons. The molecule has 27 heavy (non-hydrogen) atoms. The van der Waals surface area contributed by atoms with Crippen molar-refractivity contribution in [2.75, 3.05) is 19.0 Å². The number of aromatic hydroxyl groups is 1. The Kier molecular flexibility index (Phi) is 5.61. The van der Waals surface area contributed by atoms with Gasteiger partial charge in [-0.05, 0) is 29.7 Å². The summed E-state index contributed by atoms with van der Waals surface area (Å²) < 4.78 is 5.53. The third-order valence-corrected chi connectivity index (χ3v) is 5.46. The summed E-state index contributed by atoms with van der Waals surface area (Å²) in [5.41, 5.74) is 2.32. The summed E-state index contributed by atoms with van der Waals surface area (Å²) in [5, 5.41) is 10.5. The molecule has 140 valence electrons. The van der Waals surface area contributed by atoms with Gasteiger partial charge in [0.25, 0.3) is 0 Å². The molecule has 0 saturated carbocycles. The maximum Gasteiger partial charge on any atom is 0.354 e. The Labute approximate surface area is 163 Å². The van der Waals surface area contributed by atoms with Crippen molar-refractivity contribution < 1.29 is 9.52 Å². The molecule has 0 aliphatic carbocycles. The smallest absolute Gasteiger partial charge is 0.354 e. The molecule has 5 heteroatoms. The van der Waals surface area contributed by atoms with Crippen molar-refractivity contribution >= 4 is 17.4 Å². The van der Waals surface area contributed by atoms with Gasteiger partial charge in [0, 0.05) is 36.3 Å². The Morgan fingerprint density at radius 2 is 1.78 bits per heavy atom. The minimum atomic E-state index is -0.538. The van der Waals surface area contributed by atoms with E-state index in [0.29, 0.717) is 11.7 Å². The average Bonchev–Trinajstić information content (AvgIpc) is 2.64. The molecule has 0 unspecified atom stereocenters. The molecule has 3 rings (SSSR count). The largest absolute Gasteiger partial charge is 0.506 e. The molecule has 0 spiro atoms. The van der Waals surface area contributed by atoms with Gasteiger partial charge in [0.15, 0.2) is 0 Å². The Morgan fingerprint density at radius 3 is 2.44 bits per heavy atom. The number of benzene rings is 2. The van der Waals surface area contributed by atoms with Crippen molar-refractivity contribution in [1.82, 2.24) is 0 Å². The van der Waals surface area contributed by atoms with Crippen LogP contribution in [0.4, 0.5) is 5.69 Å². The van der Waals surface area contributed by atoms with E-state index in [4.69, 9.17) is 4.42 Å². The van der Waals surface area contributed by atoms with Gasteiger partial charge in [-0.25, -0.2) is 4.79 Å². The Balaban J connectivity index is 2.00. The maximum absolute atomic E-state index is 12.6. The molecular formula is C22H23NO3S. The summed E-state index contributed by atoms with van der Waals surface area (Å²) in [7, 11) is 3.89. The highest BCUT2D eigenvalue weighted by molar-refractivity contribution is 7.99. The molecule has 0 aliphatic heterocycles. The van der Waals surface area contributed by atoms with Crippen LogP contribution in [0.3, 0.4) is 0 Å². The highest BCUT2D eigenvalue weighted by atomic mass is 32.2. The van der Waals surface area contributed by atoms with E-state index in [1.165, 1.54) is 17.8 Å². The molecule has 0 aliphatic rings. The second-order valence-electron chi connectivity index (χ2n) is 6.85. The number of hydrogen-bond acceptors (Lipinski definition) is 5. The summed E-state index contributed by atoms with van der Waals surface area (Å²) in [5.74, 6) is 0.596. The molecule has 1 heterocycles. The lowest BCUT2D eigenvalue weighted by Crippen LogP contribution is -2.08. The fraction of sp³-hybridized carbons (Fsp3) is 0.227. The zero-order valence-corrected chi connectivity index (χ0v) is 16.7. The van der Waals surface area contributed by atoms with Crippen molar-refractivity contribution in [1.29, 1.82) is 0 Å². The molecule has 0 amide bonds. The number of nitrogens with zero attached hydrogens (tertiary/aromatic N) is 1. The van der Waals surface area contributed by atoms with Crippen LogP contribution in [0.5, 0.6) is 5.75 Å². The van der Waals surface area contributed by atoms with Gasteiger partial charge in [0.05, 0.1) is 0 Å². The van der Waals surface area contributed by atoms with Crippen LogP contribution in [0, 0.1) is 0 Å². The van der Waals surface area contributed by atoms with Crippen LogP contribution in [0.25, 0.3) is 11.3 Å². The summed E-state index contributed by atoms with van der Waals surface area (Å²) in [4.78, 5) is 15.7. The van der Waals surface area contributed by atoms with Crippen LogP contribution >= 0.6 is 11.8 Å². The zero-order chi connectivity index (χ0) is 19.6. The number of anilines is 1. The van der Waals surface area contributed by atoms with E-state index in [-0.39, 0.29) is 10.6 Å². The van der Waals surface area contributed by atoms with Crippen molar-refractivity contribution in [3.63, 3.8) is 0 Å². The van der Waals surface area contributed by atoms with Gasteiger partial charge in [-0.2, -0.15) is 0 Å². The highest BCUT2D eigenvalue weighted by Gasteiger charge is 2.16. The minimum absolute atomic E-state index is 0.0694. The lowest BCUT2D eigenvalue weighted by Gasteiger charge is -2.14. The minimum Gasteiger partial charge on any atom is -0.506 e. The summed E-state index contributed by atoms with van der Waals surface area (Å²) in [6, 6.07) is 17.0. The predicted octanol–water partition coefficient (Wildman–Crippen LogP) is 5.35. The molecule has 0 atom stereocenters. The lowest BCUT2D eigenvalue weighted by atomic mass is 10.0. The van der Waals surface area contributed by atoms with Gasteiger partial charge in [-0.3, -0.25) is 0 Å². The van der Waals surface area contributed by atoms with E-state index >= 15 is 0 Å². The van der Waals surface area contributed by atoms with Crippen molar-refractivity contribution in [2.24, 2.45) is 0 Å². The first-order chi connectivity index (χ1) is 12.9. The van der Waals surface area contributed by atoms with Crippen molar-refractivity contribution in [2.45, 2.75) is 29.6 Å². The Bertz CT molecular complexity index is 1010. The average molecular weight is 381 g/mol. The van der Waals surface area contributed by atoms with Crippen LogP contribution in [0.2, 0.25) is 0 Å². The van der Waals surface area contributed by atoms with Gasteiger partial charge < -0.3 is 14.4 Å². The molecule has 0 bridgehead atoms. The monoisotopic (exact) mass is 381 g/mol. The van der Waals surface area contributed by atoms with Gasteiger partial charge >= 0.3 is 5.63 Å². The Hall–Kier alpha value is -2.66. The van der Waals surface area contributed by atoms with E-state index in [2.05, 4.69) is 13.8 Å².